The molecule has 0 aliphatic carbocycles. The number of halogens is 1. The fourth-order valence-electron chi connectivity index (χ4n) is 1.61. The average molecular weight is 288 g/mol. The van der Waals surface area contributed by atoms with E-state index in [1.165, 1.54) is 17.3 Å². The van der Waals surface area contributed by atoms with Crippen molar-refractivity contribution in [1.29, 1.82) is 0 Å². The van der Waals surface area contributed by atoms with Crippen LogP contribution in [0.25, 0.3) is 5.95 Å². The molecule has 0 radical (unpaired) electrons. The lowest BCUT2D eigenvalue weighted by molar-refractivity contribution is 0.793. The average Bonchev–Trinajstić information content (AvgIpc) is 3.00. The van der Waals surface area contributed by atoms with E-state index in [9.17, 15) is 0 Å². The van der Waals surface area contributed by atoms with Crippen molar-refractivity contribution in [1.82, 2.24) is 29.7 Å². The van der Waals surface area contributed by atoms with E-state index in [2.05, 4.69) is 30.4 Å². The van der Waals surface area contributed by atoms with Crippen molar-refractivity contribution < 1.29 is 0 Å². The van der Waals surface area contributed by atoms with Gasteiger partial charge in [0.25, 0.3) is 5.95 Å². The molecule has 3 aromatic rings. The predicted molar refractivity (Wildman–Crippen MR) is 73.5 cm³/mol. The zero-order valence-electron chi connectivity index (χ0n) is 10.3. The van der Waals surface area contributed by atoms with E-state index >= 15 is 0 Å². The molecular formula is C12H10ClN7. The first-order valence-corrected chi connectivity index (χ1v) is 6.23. The number of nitrogens with one attached hydrogen (secondary N) is 1. The van der Waals surface area contributed by atoms with Crippen LogP contribution in [0, 0.1) is 0 Å². The van der Waals surface area contributed by atoms with Crippen molar-refractivity contribution in [2.45, 2.75) is 6.54 Å². The highest BCUT2D eigenvalue weighted by Crippen LogP contribution is 2.10. The largest absolute Gasteiger partial charge is 0.350 e. The second-order valence-corrected chi connectivity index (χ2v) is 4.25. The maximum Gasteiger partial charge on any atom is 0.258 e. The van der Waals surface area contributed by atoms with E-state index < -0.39 is 0 Å². The van der Waals surface area contributed by atoms with E-state index in [1.54, 1.807) is 0 Å². The molecule has 7 nitrogen and oxygen atoms in total. The number of nitrogens with zero attached hydrogens (tertiary/aromatic N) is 6. The number of rotatable bonds is 4. The number of hydrogen-bond donors (Lipinski definition) is 1. The third kappa shape index (κ3) is 2.89. The SMILES string of the molecule is Clc1nc(NCc2ccccc2)nc(-n2cncn2)n1. The smallest absolute Gasteiger partial charge is 0.258 e. The molecule has 8 heteroatoms. The van der Waals surface area contributed by atoms with E-state index in [1.807, 2.05) is 30.3 Å². The van der Waals surface area contributed by atoms with Crippen LogP contribution in [0.4, 0.5) is 5.95 Å². The molecule has 2 heterocycles. The first kappa shape index (κ1) is 12.5. The van der Waals surface area contributed by atoms with Gasteiger partial charge in [-0.15, -0.1) is 0 Å². The summed E-state index contributed by atoms with van der Waals surface area (Å²) in [5.41, 5.74) is 1.12. The normalized spacial score (nSPS) is 10.4. The number of hydrogen-bond acceptors (Lipinski definition) is 6. The van der Waals surface area contributed by atoms with Crippen molar-refractivity contribution in [3.8, 4) is 5.95 Å². The molecule has 0 bridgehead atoms. The molecule has 20 heavy (non-hydrogen) atoms. The molecule has 0 unspecified atom stereocenters. The molecule has 0 aliphatic rings. The molecular weight excluding hydrogens is 278 g/mol. The maximum absolute atomic E-state index is 5.88. The minimum absolute atomic E-state index is 0.0982. The molecule has 0 saturated heterocycles. The van der Waals surface area contributed by atoms with Gasteiger partial charge in [0.1, 0.15) is 12.7 Å². The molecule has 0 spiro atoms. The minimum Gasteiger partial charge on any atom is -0.350 e. The first-order valence-electron chi connectivity index (χ1n) is 5.85. The molecule has 1 N–H and O–H groups in total. The van der Waals surface area contributed by atoms with Gasteiger partial charge in [-0.2, -0.15) is 24.7 Å². The van der Waals surface area contributed by atoms with Crippen LogP contribution in [0.2, 0.25) is 5.28 Å². The Hall–Kier alpha value is -2.54. The molecule has 0 fully saturated rings. The zero-order chi connectivity index (χ0) is 13.8. The molecule has 0 saturated carbocycles. The van der Waals surface area contributed by atoms with Gasteiger partial charge in [-0.3, -0.25) is 0 Å². The summed E-state index contributed by atoms with van der Waals surface area (Å²) in [4.78, 5) is 16.1. The first-order chi connectivity index (χ1) is 9.81. The Bertz CT molecular complexity index is 684. The summed E-state index contributed by atoms with van der Waals surface area (Å²) in [5, 5.41) is 7.15. The third-order valence-electron chi connectivity index (χ3n) is 2.51. The Kier molecular flexibility index (Phi) is 3.51. The molecule has 1 aromatic carbocycles. The Morgan fingerprint density at radius 3 is 2.70 bits per heavy atom. The highest BCUT2D eigenvalue weighted by molar-refractivity contribution is 6.28. The van der Waals surface area contributed by atoms with Gasteiger partial charge < -0.3 is 5.32 Å². The van der Waals surface area contributed by atoms with Crippen LogP contribution < -0.4 is 5.32 Å². The second-order valence-electron chi connectivity index (χ2n) is 3.91. The van der Waals surface area contributed by atoms with Crippen LogP contribution in [-0.4, -0.2) is 29.7 Å². The molecule has 0 atom stereocenters. The summed E-state index contributed by atoms with van der Waals surface area (Å²) >= 11 is 5.88. The Labute approximate surface area is 119 Å². The maximum atomic E-state index is 5.88. The van der Waals surface area contributed by atoms with E-state index in [0.29, 0.717) is 18.4 Å². The highest BCUT2D eigenvalue weighted by Gasteiger charge is 2.07. The number of aromatic nitrogens is 6. The Balaban J connectivity index is 1.80. The van der Waals surface area contributed by atoms with Crippen molar-refractivity contribution >= 4 is 17.5 Å². The fourth-order valence-corrected chi connectivity index (χ4v) is 1.77. The zero-order valence-corrected chi connectivity index (χ0v) is 11.1. The monoisotopic (exact) mass is 287 g/mol. The lowest BCUT2D eigenvalue weighted by Crippen LogP contribution is -2.09. The van der Waals surface area contributed by atoms with Crippen molar-refractivity contribution in [2.75, 3.05) is 5.32 Å². The molecule has 0 amide bonds. The summed E-state index contributed by atoms with van der Waals surface area (Å²) in [7, 11) is 0. The Morgan fingerprint density at radius 2 is 1.95 bits per heavy atom. The second kappa shape index (κ2) is 5.62. The lowest BCUT2D eigenvalue weighted by Gasteiger charge is -2.06. The summed E-state index contributed by atoms with van der Waals surface area (Å²) in [6.07, 6.45) is 2.89. The van der Waals surface area contributed by atoms with Crippen LogP contribution >= 0.6 is 11.6 Å². The van der Waals surface area contributed by atoms with E-state index in [0.717, 1.165) is 5.56 Å². The van der Waals surface area contributed by atoms with Crippen molar-refractivity contribution in [3.63, 3.8) is 0 Å². The van der Waals surface area contributed by atoms with Gasteiger partial charge in [0.15, 0.2) is 0 Å². The van der Waals surface area contributed by atoms with E-state index in [4.69, 9.17) is 11.6 Å². The topological polar surface area (TPSA) is 81.4 Å². The minimum atomic E-state index is 0.0982. The van der Waals surface area contributed by atoms with Gasteiger partial charge in [0.2, 0.25) is 11.2 Å². The van der Waals surface area contributed by atoms with Crippen molar-refractivity contribution in [2.24, 2.45) is 0 Å². The van der Waals surface area contributed by atoms with Gasteiger partial charge >= 0.3 is 0 Å². The Morgan fingerprint density at radius 1 is 1.10 bits per heavy atom. The lowest BCUT2D eigenvalue weighted by atomic mass is 10.2. The summed E-state index contributed by atoms with van der Waals surface area (Å²) in [6.45, 7) is 0.595. The van der Waals surface area contributed by atoms with Crippen LogP contribution in [-0.2, 0) is 6.54 Å². The molecule has 3 rings (SSSR count). The summed E-state index contributed by atoms with van der Waals surface area (Å²) in [6, 6.07) is 9.92. The molecule has 0 aliphatic heterocycles. The summed E-state index contributed by atoms with van der Waals surface area (Å²) < 4.78 is 1.42. The van der Waals surface area contributed by atoms with Crippen LogP contribution in [0.1, 0.15) is 5.56 Å². The quantitative estimate of drug-likeness (QED) is 0.787. The van der Waals surface area contributed by atoms with Crippen LogP contribution in [0.15, 0.2) is 43.0 Å². The standard InChI is InChI=1S/C12H10ClN7/c13-10-17-11(15-6-9-4-2-1-3-5-9)19-12(18-10)20-8-14-7-16-20/h1-5,7-8H,6H2,(H,15,17,18,19). The van der Waals surface area contributed by atoms with Gasteiger partial charge in [-0.25, -0.2) is 4.98 Å². The van der Waals surface area contributed by atoms with Gasteiger partial charge in [-0.1, -0.05) is 30.3 Å². The summed E-state index contributed by atoms with van der Waals surface area (Å²) in [5.74, 6) is 0.706. The number of benzene rings is 1. The third-order valence-corrected chi connectivity index (χ3v) is 2.68. The number of anilines is 1. The van der Waals surface area contributed by atoms with Gasteiger partial charge in [0.05, 0.1) is 0 Å². The van der Waals surface area contributed by atoms with E-state index in [-0.39, 0.29) is 5.28 Å². The highest BCUT2D eigenvalue weighted by atomic mass is 35.5. The molecule has 2 aromatic heterocycles. The van der Waals surface area contributed by atoms with Crippen molar-refractivity contribution in [3.05, 3.63) is 53.8 Å². The van der Waals surface area contributed by atoms with Crippen LogP contribution in [0.3, 0.4) is 0 Å². The fraction of sp³-hybridized carbons (Fsp3) is 0.0833. The van der Waals surface area contributed by atoms with Gasteiger partial charge in [-0.05, 0) is 17.2 Å². The molecule has 100 valence electrons. The van der Waals surface area contributed by atoms with Gasteiger partial charge in [0, 0.05) is 6.54 Å². The predicted octanol–water partition coefficient (Wildman–Crippen LogP) is 1.72. The van der Waals surface area contributed by atoms with Crippen LogP contribution in [0.5, 0.6) is 0 Å².